The van der Waals surface area contributed by atoms with Gasteiger partial charge >= 0.3 is 17.9 Å². The van der Waals surface area contributed by atoms with Crippen LogP contribution in [-0.2, 0) is 14.3 Å². The van der Waals surface area contributed by atoms with Crippen molar-refractivity contribution in [2.75, 3.05) is 12.4 Å². The van der Waals surface area contributed by atoms with Crippen molar-refractivity contribution in [3.05, 3.63) is 23.8 Å². The average Bonchev–Trinajstić information content (AvgIpc) is 2.44. The molecule has 0 amide bonds. The molecule has 1 aromatic carbocycles. The molecule has 0 spiro atoms. The standard InChI is InChI=1S/C14H15NO6/c1-20-13(17)7-9-3-5-12(16)21-11-4-2-8(14(18)19)6-10(11)15-9/h2,4,6,9,15H,3,5,7H2,1H3,(H,18,19). The third-order valence-corrected chi connectivity index (χ3v) is 3.15. The Bertz CT molecular complexity index is 583. The number of carboxylic acids is 1. The first-order chi connectivity index (χ1) is 9.99. The summed E-state index contributed by atoms with van der Waals surface area (Å²) >= 11 is 0. The molecule has 0 bridgehead atoms. The average molecular weight is 293 g/mol. The van der Waals surface area contributed by atoms with Crippen molar-refractivity contribution in [2.45, 2.75) is 25.3 Å². The van der Waals surface area contributed by atoms with Gasteiger partial charge in [0.15, 0.2) is 5.75 Å². The van der Waals surface area contributed by atoms with Gasteiger partial charge in [-0.15, -0.1) is 0 Å². The van der Waals surface area contributed by atoms with Crippen molar-refractivity contribution in [3.8, 4) is 5.75 Å². The lowest BCUT2D eigenvalue weighted by molar-refractivity contribution is -0.141. The van der Waals surface area contributed by atoms with Gasteiger partial charge in [0.25, 0.3) is 0 Å². The number of methoxy groups -OCH3 is 1. The predicted molar refractivity (Wildman–Crippen MR) is 72.3 cm³/mol. The second kappa shape index (κ2) is 6.25. The van der Waals surface area contributed by atoms with Crippen molar-refractivity contribution in [2.24, 2.45) is 0 Å². The third kappa shape index (κ3) is 3.71. The van der Waals surface area contributed by atoms with Crippen LogP contribution in [0.15, 0.2) is 18.2 Å². The normalized spacial score (nSPS) is 17.6. The van der Waals surface area contributed by atoms with Gasteiger partial charge < -0.3 is 19.9 Å². The number of anilines is 1. The van der Waals surface area contributed by atoms with Gasteiger partial charge in [0.05, 0.1) is 24.8 Å². The van der Waals surface area contributed by atoms with Gasteiger partial charge in [-0.1, -0.05) is 0 Å². The highest BCUT2D eigenvalue weighted by Gasteiger charge is 2.22. The van der Waals surface area contributed by atoms with Crippen LogP contribution in [0.4, 0.5) is 5.69 Å². The Morgan fingerprint density at radius 2 is 2.24 bits per heavy atom. The minimum Gasteiger partial charge on any atom is -0.478 e. The van der Waals surface area contributed by atoms with Crippen LogP contribution >= 0.6 is 0 Å². The molecule has 2 N–H and O–H groups in total. The molecule has 0 aliphatic carbocycles. The minimum atomic E-state index is -1.09. The molecule has 1 aromatic rings. The van der Waals surface area contributed by atoms with E-state index in [1.165, 1.54) is 25.3 Å². The molecule has 0 saturated carbocycles. The van der Waals surface area contributed by atoms with Crippen molar-refractivity contribution < 1.29 is 29.0 Å². The fraction of sp³-hybridized carbons (Fsp3) is 0.357. The Kier molecular flexibility index (Phi) is 4.42. The van der Waals surface area contributed by atoms with Crippen LogP contribution in [0.1, 0.15) is 29.6 Å². The highest BCUT2D eigenvalue weighted by Crippen LogP contribution is 2.30. The van der Waals surface area contributed by atoms with Gasteiger partial charge in [-0.3, -0.25) is 9.59 Å². The van der Waals surface area contributed by atoms with Crippen LogP contribution in [0.25, 0.3) is 0 Å². The molecule has 0 fully saturated rings. The molecule has 0 saturated heterocycles. The maximum absolute atomic E-state index is 11.6. The quantitative estimate of drug-likeness (QED) is 0.642. The van der Waals surface area contributed by atoms with E-state index in [1.54, 1.807) is 0 Å². The summed E-state index contributed by atoms with van der Waals surface area (Å²) in [5.74, 6) is -1.66. The van der Waals surface area contributed by atoms with Crippen molar-refractivity contribution >= 4 is 23.6 Å². The van der Waals surface area contributed by atoms with Crippen LogP contribution in [0, 0.1) is 0 Å². The number of hydrogen-bond acceptors (Lipinski definition) is 6. The number of rotatable bonds is 3. The van der Waals surface area contributed by atoms with Crippen molar-refractivity contribution in [1.29, 1.82) is 0 Å². The lowest BCUT2D eigenvalue weighted by atomic mass is 10.1. The molecular weight excluding hydrogens is 278 g/mol. The van der Waals surface area contributed by atoms with E-state index in [9.17, 15) is 14.4 Å². The lowest BCUT2D eigenvalue weighted by Crippen LogP contribution is -2.28. The zero-order valence-electron chi connectivity index (χ0n) is 11.4. The van der Waals surface area contributed by atoms with Crippen LogP contribution in [0.3, 0.4) is 0 Å². The zero-order valence-corrected chi connectivity index (χ0v) is 11.4. The number of fused-ring (bicyclic) bond motifs is 1. The molecule has 1 aliphatic heterocycles. The summed E-state index contributed by atoms with van der Waals surface area (Å²) in [6.45, 7) is 0. The number of esters is 2. The Morgan fingerprint density at radius 1 is 1.48 bits per heavy atom. The minimum absolute atomic E-state index is 0.0645. The number of carboxylic acid groups (broad SMARTS) is 1. The van der Waals surface area contributed by atoms with Gasteiger partial charge in [0, 0.05) is 12.5 Å². The van der Waals surface area contributed by atoms with Crippen LogP contribution in [-0.4, -0.2) is 36.2 Å². The smallest absolute Gasteiger partial charge is 0.335 e. The summed E-state index contributed by atoms with van der Waals surface area (Å²) in [4.78, 5) is 34.0. The Balaban J connectivity index is 2.30. The van der Waals surface area contributed by atoms with Crippen molar-refractivity contribution in [3.63, 3.8) is 0 Å². The molecule has 0 radical (unpaired) electrons. The summed E-state index contributed by atoms with van der Waals surface area (Å²) in [5, 5.41) is 12.0. The Labute approximate surface area is 120 Å². The summed E-state index contributed by atoms with van der Waals surface area (Å²) in [6, 6.07) is 3.82. The van der Waals surface area contributed by atoms with Gasteiger partial charge in [0.2, 0.25) is 0 Å². The Hall–Kier alpha value is -2.57. The van der Waals surface area contributed by atoms with Gasteiger partial charge in [-0.25, -0.2) is 4.79 Å². The number of ether oxygens (including phenoxy) is 2. The second-order valence-electron chi connectivity index (χ2n) is 4.65. The maximum Gasteiger partial charge on any atom is 0.335 e. The molecule has 1 atom stereocenters. The van der Waals surface area contributed by atoms with Gasteiger partial charge in [0.1, 0.15) is 0 Å². The third-order valence-electron chi connectivity index (χ3n) is 3.15. The molecule has 0 aromatic heterocycles. The number of hydrogen-bond donors (Lipinski definition) is 2. The fourth-order valence-electron chi connectivity index (χ4n) is 2.06. The molecule has 21 heavy (non-hydrogen) atoms. The number of aromatic carboxylic acids is 1. The van der Waals surface area contributed by atoms with E-state index < -0.39 is 17.9 Å². The van der Waals surface area contributed by atoms with E-state index in [0.717, 1.165) is 0 Å². The van der Waals surface area contributed by atoms with Crippen molar-refractivity contribution in [1.82, 2.24) is 0 Å². The molecule has 1 unspecified atom stereocenters. The summed E-state index contributed by atoms with van der Waals surface area (Å²) in [5.41, 5.74) is 0.437. The number of benzene rings is 1. The van der Waals surface area contributed by atoms with E-state index in [4.69, 9.17) is 9.84 Å². The molecule has 2 rings (SSSR count). The molecule has 1 heterocycles. The SMILES string of the molecule is COC(=O)CC1CCC(=O)Oc2ccc(C(=O)O)cc2N1. The molecular formula is C14H15NO6. The zero-order chi connectivity index (χ0) is 15.4. The maximum atomic E-state index is 11.6. The Morgan fingerprint density at radius 3 is 2.90 bits per heavy atom. The first kappa shape index (κ1) is 14.8. The molecule has 112 valence electrons. The highest BCUT2D eigenvalue weighted by atomic mass is 16.5. The molecule has 7 nitrogen and oxygen atoms in total. The van der Waals surface area contributed by atoms with E-state index in [0.29, 0.717) is 12.1 Å². The van der Waals surface area contributed by atoms with Crippen LogP contribution in [0.5, 0.6) is 5.75 Å². The highest BCUT2D eigenvalue weighted by molar-refractivity contribution is 5.90. The summed E-state index contributed by atoms with van der Waals surface area (Å²) in [6.07, 6.45) is 0.639. The van der Waals surface area contributed by atoms with Gasteiger partial charge in [-0.2, -0.15) is 0 Å². The van der Waals surface area contributed by atoms with E-state index in [-0.39, 0.29) is 30.2 Å². The van der Waals surface area contributed by atoms with Gasteiger partial charge in [-0.05, 0) is 24.6 Å². The first-order valence-electron chi connectivity index (χ1n) is 6.41. The fourth-order valence-corrected chi connectivity index (χ4v) is 2.06. The number of nitrogens with one attached hydrogen (secondary N) is 1. The topological polar surface area (TPSA) is 102 Å². The largest absolute Gasteiger partial charge is 0.478 e. The number of carbonyl (C=O) groups excluding carboxylic acids is 2. The predicted octanol–water partition coefficient (Wildman–Crippen LogP) is 1.43. The summed E-state index contributed by atoms with van der Waals surface area (Å²) < 4.78 is 9.75. The molecule has 1 aliphatic rings. The number of carbonyl (C=O) groups is 3. The molecule has 7 heteroatoms. The summed E-state index contributed by atoms with van der Waals surface area (Å²) in [7, 11) is 1.29. The monoisotopic (exact) mass is 293 g/mol. The van der Waals surface area contributed by atoms with Crippen LogP contribution in [0.2, 0.25) is 0 Å². The second-order valence-corrected chi connectivity index (χ2v) is 4.65. The van der Waals surface area contributed by atoms with Crippen LogP contribution < -0.4 is 10.1 Å². The van der Waals surface area contributed by atoms with E-state index in [2.05, 4.69) is 10.1 Å². The first-order valence-corrected chi connectivity index (χ1v) is 6.41. The lowest BCUT2D eigenvalue weighted by Gasteiger charge is -2.23. The van der Waals surface area contributed by atoms with E-state index in [1.807, 2.05) is 0 Å². The van der Waals surface area contributed by atoms with E-state index >= 15 is 0 Å².